The van der Waals surface area contributed by atoms with Gasteiger partial charge in [0.25, 0.3) is 5.91 Å². The second-order valence-corrected chi connectivity index (χ2v) is 8.38. The molecule has 0 aliphatic heterocycles. The number of aryl methyl sites for hydroxylation is 2. The Hall–Kier alpha value is -2.84. The Balaban J connectivity index is 1.81. The largest absolute Gasteiger partial charge is 0.494 e. The number of pyridine rings is 1. The Labute approximate surface area is 170 Å². The summed E-state index contributed by atoms with van der Waals surface area (Å²) in [5, 5.41) is 1.48. The molecule has 6 nitrogen and oxygen atoms in total. The normalized spacial score (nSPS) is 11.0. The Bertz CT molecular complexity index is 1140. The number of ether oxygens (including phenoxy) is 1. The van der Waals surface area contributed by atoms with Gasteiger partial charge in [0.1, 0.15) is 16.1 Å². The van der Waals surface area contributed by atoms with Crippen molar-refractivity contribution in [2.75, 3.05) is 12.0 Å². The SMILES string of the molecule is COc1cccc2sc(N(Cc3ccccn3)C(=O)c3sc(C)nc3C)nc12. The lowest BCUT2D eigenvalue weighted by atomic mass is 10.3. The highest BCUT2D eigenvalue weighted by Gasteiger charge is 2.26. The topological polar surface area (TPSA) is 68.2 Å². The minimum atomic E-state index is -0.119. The fourth-order valence-corrected chi connectivity index (χ4v) is 4.77. The summed E-state index contributed by atoms with van der Waals surface area (Å²) in [6.07, 6.45) is 1.72. The molecule has 0 spiro atoms. The predicted octanol–water partition coefficient (Wildman–Crippen LogP) is 4.62. The van der Waals surface area contributed by atoms with Crippen LogP contribution in [-0.4, -0.2) is 28.0 Å². The molecule has 4 rings (SSSR count). The zero-order valence-corrected chi connectivity index (χ0v) is 17.3. The van der Waals surface area contributed by atoms with Crippen LogP contribution in [0.4, 0.5) is 5.13 Å². The highest BCUT2D eigenvalue weighted by molar-refractivity contribution is 7.22. The summed E-state index contributed by atoms with van der Waals surface area (Å²) < 4.78 is 6.39. The van der Waals surface area contributed by atoms with Crippen LogP contribution in [0, 0.1) is 13.8 Å². The summed E-state index contributed by atoms with van der Waals surface area (Å²) in [5.74, 6) is 0.571. The van der Waals surface area contributed by atoms with Crippen molar-refractivity contribution in [3.63, 3.8) is 0 Å². The highest BCUT2D eigenvalue weighted by atomic mass is 32.1. The summed E-state index contributed by atoms with van der Waals surface area (Å²) in [6.45, 7) is 4.09. The molecular weight excluding hydrogens is 392 g/mol. The standard InChI is InChI=1S/C20H18N4O2S2/c1-12-18(27-13(2)22-12)19(25)24(11-14-7-4-5-10-21-14)20-23-17-15(26-3)8-6-9-16(17)28-20/h4-10H,11H2,1-3H3. The van der Waals surface area contributed by atoms with Crippen LogP contribution in [0.1, 0.15) is 26.1 Å². The number of rotatable bonds is 5. The first-order valence-electron chi connectivity index (χ1n) is 8.66. The van der Waals surface area contributed by atoms with Gasteiger partial charge in [-0.1, -0.05) is 23.5 Å². The Kier molecular flexibility index (Phi) is 5.06. The van der Waals surface area contributed by atoms with Crippen molar-refractivity contribution in [2.24, 2.45) is 0 Å². The molecule has 0 aliphatic carbocycles. The van der Waals surface area contributed by atoms with Crippen molar-refractivity contribution in [2.45, 2.75) is 20.4 Å². The monoisotopic (exact) mass is 410 g/mol. The molecule has 8 heteroatoms. The van der Waals surface area contributed by atoms with Crippen LogP contribution in [0.2, 0.25) is 0 Å². The smallest absolute Gasteiger partial charge is 0.272 e. The van der Waals surface area contributed by atoms with E-state index in [1.54, 1.807) is 18.2 Å². The minimum absolute atomic E-state index is 0.119. The number of amides is 1. The minimum Gasteiger partial charge on any atom is -0.494 e. The molecule has 0 aliphatic rings. The highest BCUT2D eigenvalue weighted by Crippen LogP contribution is 2.35. The zero-order valence-electron chi connectivity index (χ0n) is 15.7. The number of carbonyl (C=O) groups excluding carboxylic acids is 1. The van der Waals surface area contributed by atoms with E-state index in [4.69, 9.17) is 9.72 Å². The van der Waals surface area contributed by atoms with E-state index < -0.39 is 0 Å². The van der Waals surface area contributed by atoms with Gasteiger partial charge in [0, 0.05) is 6.20 Å². The van der Waals surface area contributed by atoms with E-state index in [-0.39, 0.29) is 5.91 Å². The molecule has 142 valence electrons. The lowest BCUT2D eigenvalue weighted by Gasteiger charge is -2.19. The van der Waals surface area contributed by atoms with E-state index >= 15 is 0 Å². The van der Waals surface area contributed by atoms with Crippen LogP contribution < -0.4 is 9.64 Å². The number of nitrogens with zero attached hydrogens (tertiary/aromatic N) is 4. The number of hydrogen-bond acceptors (Lipinski definition) is 7. The molecule has 1 aromatic carbocycles. The van der Waals surface area contributed by atoms with Gasteiger partial charge < -0.3 is 4.74 Å². The number of hydrogen-bond donors (Lipinski definition) is 0. The van der Waals surface area contributed by atoms with Gasteiger partial charge >= 0.3 is 0 Å². The number of thiazole rings is 2. The average molecular weight is 411 g/mol. The van der Waals surface area contributed by atoms with Crippen molar-refractivity contribution in [1.82, 2.24) is 15.0 Å². The molecule has 28 heavy (non-hydrogen) atoms. The quantitative estimate of drug-likeness (QED) is 0.480. The Morgan fingerprint density at radius 3 is 2.64 bits per heavy atom. The van der Waals surface area contributed by atoms with E-state index in [1.165, 1.54) is 22.7 Å². The van der Waals surface area contributed by atoms with Crippen LogP contribution in [0.3, 0.4) is 0 Å². The summed E-state index contributed by atoms with van der Waals surface area (Å²) in [5.41, 5.74) is 2.28. The van der Waals surface area contributed by atoms with Crippen molar-refractivity contribution >= 4 is 43.9 Å². The molecule has 0 radical (unpaired) electrons. The Morgan fingerprint density at radius 2 is 1.96 bits per heavy atom. The molecule has 0 saturated heterocycles. The maximum Gasteiger partial charge on any atom is 0.272 e. The first-order chi connectivity index (χ1) is 13.6. The number of benzene rings is 1. The number of aromatic nitrogens is 3. The van der Waals surface area contributed by atoms with Gasteiger partial charge in [-0.05, 0) is 38.1 Å². The maximum atomic E-state index is 13.4. The number of fused-ring (bicyclic) bond motifs is 1. The summed E-state index contributed by atoms with van der Waals surface area (Å²) in [7, 11) is 1.62. The second kappa shape index (κ2) is 7.65. The first-order valence-corrected chi connectivity index (χ1v) is 10.3. The molecule has 0 N–H and O–H groups in total. The van der Waals surface area contributed by atoms with Crippen molar-refractivity contribution < 1.29 is 9.53 Å². The van der Waals surface area contributed by atoms with Crippen molar-refractivity contribution in [1.29, 1.82) is 0 Å². The third-order valence-corrected chi connectivity index (χ3v) is 6.32. The van der Waals surface area contributed by atoms with E-state index in [2.05, 4.69) is 9.97 Å². The summed E-state index contributed by atoms with van der Waals surface area (Å²) in [6, 6.07) is 11.4. The molecule has 1 amide bonds. The summed E-state index contributed by atoms with van der Waals surface area (Å²) >= 11 is 2.86. The van der Waals surface area contributed by atoms with Gasteiger partial charge in [-0.3, -0.25) is 14.7 Å². The van der Waals surface area contributed by atoms with Gasteiger partial charge in [0.2, 0.25) is 0 Å². The van der Waals surface area contributed by atoms with E-state index in [0.29, 0.717) is 22.3 Å². The number of anilines is 1. The van der Waals surface area contributed by atoms with Gasteiger partial charge in [-0.25, -0.2) is 9.97 Å². The van der Waals surface area contributed by atoms with Crippen LogP contribution in [-0.2, 0) is 6.54 Å². The molecule has 3 aromatic heterocycles. The van der Waals surface area contributed by atoms with Gasteiger partial charge in [0.15, 0.2) is 5.13 Å². The van der Waals surface area contributed by atoms with Gasteiger partial charge in [-0.15, -0.1) is 11.3 Å². The third kappa shape index (κ3) is 3.48. The average Bonchev–Trinajstić information content (AvgIpc) is 3.28. The molecule has 0 unspecified atom stereocenters. The van der Waals surface area contributed by atoms with E-state index in [1.807, 2.05) is 50.2 Å². The number of carbonyl (C=O) groups is 1. The van der Waals surface area contributed by atoms with Crippen molar-refractivity contribution in [3.05, 3.63) is 63.9 Å². The number of methoxy groups -OCH3 is 1. The molecule has 0 saturated carbocycles. The maximum absolute atomic E-state index is 13.4. The van der Waals surface area contributed by atoms with E-state index in [0.717, 1.165) is 26.6 Å². The van der Waals surface area contributed by atoms with Crippen LogP contribution in [0.5, 0.6) is 5.75 Å². The molecule has 4 aromatic rings. The van der Waals surface area contributed by atoms with Crippen LogP contribution in [0.25, 0.3) is 10.2 Å². The fourth-order valence-electron chi connectivity index (χ4n) is 2.92. The first kappa shape index (κ1) is 18.5. The van der Waals surface area contributed by atoms with Gasteiger partial charge in [-0.2, -0.15) is 0 Å². The molecule has 3 heterocycles. The summed E-state index contributed by atoms with van der Waals surface area (Å²) in [4.78, 5) is 29.2. The van der Waals surface area contributed by atoms with Crippen molar-refractivity contribution in [3.8, 4) is 5.75 Å². The fraction of sp³-hybridized carbons (Fsp3) is 0.200. The predicted molar refractivity (Wildman–Crippen MR) is 113 cm³/mol. The van der Waals surface area contributed by atoms with Gasteiger partial charge in [0.05, 0.1) is 34.7 Å². The molecule has 0 fully saturated rings. The van der Waals surface area contributed by atoms with E-state index in [9.17, 15) is 4.79 Å². The third-order valence-electron chi connectivity index (χ3n) is 4.21. The van der Waals surface area contributed by atoms with Crippen LogP contribution >= 0.6 is 22.7 Å². The second-order valence-electron chi connectivity index (χ2n) is 6.16. The Morgan fingerprint density at radius 1 is 1.11 bits per heavy atom. The lowest BCUT2D eigenvalue weighted by molar-refractivity contribution is 0.0988. The lowest BCUT2D eigenvalue weighted by Crippen LogP contribution is -2.30. The molecular formula is C20H18N4O2S2. The number of para-hydroxylation sites is 1. The zero-order chi connectivity index (χ0) is 19.7. The molecule has 0 atom stereocenters. The molecule has 0 bridgehead atoms. The van der Waals surface area contributed by atoms with Crippen LogP contribution in [0.15, 0.2) is 42.6 Å².